The summed E-state index contributed by atoms with van der Waals surface area (Å²) in [5.41, 5.74) is 0. The van der Waals surface area contributed by atoms with E-state index in [9.17, 15) is 0 Å². The quantitative estimate of drug-likeness (QED) is 0.663. The second-order valence-corrected chi connectivity index (χ2v) is 5.20. The molecule has 0 bridgehead atoms. The van der Waals surface area contributed by atoms with Gasteiger partial charge in [0.25, 0.3) is 0 Å². The zero-order valence-corrected chi connectivity index (χ0v) is 10.9. The van der Waals surface area contributed by atoms with Crippen LogP contribution in [0.1, 0.15) is 32.1 Å². The fourth-order valence-corrected chi connectivity index (χ4v) is 2.97. The van der Waals surface area contributed by atoms with E-state index in [0.29, 0.717) is 11.2 Å². The first-order chi connectivity index (χ1) is 7.81. The zero-order chi connectivity index (χ0) is 11.4. The molecule has 0 amide bonds. The van der Waals surface area contributed by atoms with Crippen molar-refractivity contribution in [1.82, 2.24) is 9.97 Å². The fraction of sp³-hybridized carbons (Fsp3) is 0.636. The van der Waals surface area contributed by atoms with Crippen LogP contribution in [0.25, 0.3) is 0 Å². The maximum atomic E-state index is 6.04. The van der Waals surface area contributed by atoms with E-state index in [-0.39, 0.29) is 0 Å². The molecule has 1 aromatic heterocycles. The third kappa shape index (κ3) is 2.80. The molecule has 0 aliphatic heterocycles. The molecule has 0 unspecified atom stereocenters. The summed E-state index contributed by atoms with van der Waals surface area (Å²) < 4.78 is 0. The van der Waals surface area contributed by atoms with Crippen molar-refractivity contribution < 1.29 is 0 Å². The lowest BCUT2D eigenvalue weighted by Crippen LogP contribution is -2.23. The minimum absolute atomic E-state index is 0.542. The Morgan fingerprint density at radius 2 is 2.06 bits per heavy atom. The van der Waals surface area contributed by atoms with Crippen LogP contribution in [-0.2, 0) is 0 Å². The van der Waals surface area contributed by atoms with Gasteiger partial charge < -0.3 is 5.32 Å². The normalized spacial score (nSPS) is 17.4. The first-order valence-electron chi connectivity index (χ1n) is 5.62. The van der Waals surface area contributed by atoms with Crippen molar-refractivity contribution in [3.63, 3.8) is 0 Å². The lowest BCUT2D eigenvalue weighted by atomic mass is 9.95. The molecule has 1 aliphatic rings. The van der Waals surface area contributed by atoms with Crippen LogP contribution in [0.3, 0.4) is 0 Å². The minimum atomic E-state index is 0.542. The van der Waals surface area contributed by atoms with Crippen LogP contribution >= 0.6 is 23.4 Å². The van der Waals surface area contributed by atoms with Gasteiger partial charge in [0.2, 0.25) is 0 Å². The van der Waals surface area contributed by atoms with Crippen LogP contribution in [-0.4, -0.2) is 22.3 Å². The van der Waals surface area contributed by atoms with Gasteiger partial charge in [0, 0.05) is 6.04 Å². The van der Waals surface area contributed by atoms with Gasteiger partial charge in [-0.2, -0.15) is 0 Å². The number of thioether (sulfide) groups is 1. The molecular formula is C11H16ClN3S. The smallest absolute Gasteiger partial charge is 0.148 e. The molecule has 0 spiro atoms. The molecule has 3 nitrogen and oxygen atoms in total. The van der Waals surface area contributed by atoms with Gasteiger partial charge in [0.1, 0.15) is 17.3 Å². The van der Waals surface area contributed by atoms with Gasteiger partial charge in [-0.15, -0.1) is 11.8 Å². The summed E-state index contributed by atoms with van der Waals surface area (Å²) >= 11 is 7.63. The van der Waals surface area contributed by atoms with Gasteiger partial charge in [-0.1, -0.05) is 30.9 Å². The van der Waals surface area contributed by atoms with E-state index in [1.807, 2.05) is 6.26 Å². The Kier molecular flexibility index (Phi) is 4.29. The second-order valence-electron chi connectivity index (χ2n) is 4.03. The molecule has 88 valence electrons. The molecule has 5 heteroatoms. The van der Waals surface area contributed by atoms with E-state index < -0.39 is 0 Å². The molecule has 1 N–H and O–H groups in total. The Hall–Kier alpha value is -0.480. The monoisotopic (exact) mass is 257 g/mol. The molecule has 16 heavy (non-hydrogen) atoms. The number of hydrogen-bond donors (Lipinski definition) is 1. The second kappa shape index (κ2) is 5.73. The van der Waals surface area contributed by atoms with Gasteiger partial charge in [-0.25, -0.2) is 9.97 Å². The van der Waals surface area contributed by atoms with Crippen molar-refractivity contribution in [2.45, 2.75) is 43.0 Å². The number of hydrogen-bond acceptors (Lipinski definition) is 4. The van der Waals surface area contributed by atoms with Crippen molar-refractivity contribution in [2.24, 2.45) is 0 Å². The van der Waals surface area contributed by atoms with Crippen molar-refractivity contribution in [1.29, 1.82) is 0 Å². The summed E-state index contributed by atoms with van der Waals surface area (Å²) in [7, 11) is 0. The molecular weight excluding hydrogens is 242 g/mol. The molecule has 2 rings (SSSR count). The third-order valence-electron chi connectivity index (χ3n) is 2.91. The Balaban J connectivity index is 2.10. The van der Waals surface area contributed by atoms with Crippen molar-refractivity contribution in [2.75, 3.05) is 11.6 Å². The molecule has 1 aliphatic carbocycles. The molecule has 0 radical (unpaired) electrons. The van der Waals surface area contributed by atoms with E-state index >= 15 is 0 Å². The van der Waals surface area contributed by atoms with E-state index in [1.165, 1.54) is 38.4 Å². The summed E-state index contributed by atoms with van der Waals surface area (Å²) in [5.74, 6) is 0.888. The third-order valence-corrected chi connectivity index (χ3v) is 4.10. The molecule has 0 saturated heterocycles. The Labute approximate surface area is 105 Å². The highest BCUT2D eigenvalue weighted by Gasteiger charge is 2.16. The number of nitrogens with zero attached hydrogens (tertiary/aromatic N) is 2. The summed E-state index contributed by atoms with van der Waals surface area (Å²) in [6.45, 7) is 0. The van der Waals surface area contributed by atoms with Crippen LogP contribution in [0, 0.1) is 0 Å². The van der Waals surface area contributed by atoms with Crippen molar-refractivity contribution >= 4 is 29.2 Å². The Morgan fingerprint density at radius 1 is 1.31 bits per heavy atom. The van der Waals surface area contributed by atoms with Gasteiger partial charge in [-0.3, -0.25) is 0 Å². The average Bonchev–Trinajstić information content (AvgIpc) is 2.31. The van der Waals surface area contributed by atoms with E-state index in [1.54, 1.807) is 11.8 Å². The molecule has 1 fully saturated rings. The zero-order valence-electron chi connectivity index (χ0n) is 9.37. The Bertz CT molecular complexity index is 353. The predicted molar refractivity (Wildman–Crippen MR) is 69.3 cm³/mol. The van der Waals surface area contributed by atoms with Gasteiger partial charge in [0.15, 0.2) is 0 Å². The summed E-state index contributed by atoms with van der Waals surface area (Å²) in [4.78, 5) is 9.23. The Morgan fingerprint density at radius 3 is 2.75 bits per heavy atom. The molecule has 0 atom stereocenters. The summed E-state index contributed by atoms with van der Waals surface area (Å²) in [5, 5.41) is 4.03. The highest BCUT2D eigenvalue weighted by atomic mass is 35.5. The lowest BCUT2D eigenvalue weighted by Gasteiger charge is -2.24. The molecule has 0 aromatic carbocycles. The maximum Gasteiger partial charge on any atom is 0.148 e. The number of aromatic nitrogens is 2. The van der Waals surface area contributed by atoms with Crippen LogP contribution < -0.4 is 5.32 Å². The summed E-state index contributed by atoms with van der Waals surface area (Å²) in [6, 6.07) is 0.547. The number of nitrogens with one attached hydrogen (secondary N) is 1. The van der Waals surface area contributed by atoms with Gasteiger partial charge >= 0.3 is 0 Å². The number of rotatable bonds is 3. The number of anilines is 1. The van der Waals surface area contributed by atoms with E-state index in [4.69, 9.17) is 11.6 Å². The summed E-state index contributed by atoms with van der Waals surface area (Å²) in [6.07, 6.45) is 9.96. The van der Waals surface area contributed by atoms with E-state index in [2.05, 4.69) is 15.3 Å². The SMILES string of the molecule is CSc1c(Cl)ncnc1NC1CCCCC1. The molecule has 1 saturated carbocycles. The maximum absolute atomic E-state index is 6.04. The van der Waals surface area contributed by atoms with Gasteiger partial charge in [-0.05, 0) is 19.1 Å². The predicted octanol–water partition coefficient (Wildman–Crippen LogP) is 3.60. The number of halogens is 1. The standard InChI is InChI=1S/C11H16ClN3S/c1-16-9-10(12)13-7-14-11(9)15-8-5-3-2-4-6-8/h7-8H,2-6H2,1H3,(H,13,14,15). The highest BCUT2D eigenvalue weighted by molar-refractivity contribution is 7.98. The topological polar surface area (TPSA) is 37.8 Å². The van der Waals surface area contributed by atoms with Crippen LogP contribution in [0.5, 0.6) is 0 Å². The lowest BCUT2D eigenvalue weighted by molar-refractivity contribution is 0.461. The van der Waals surface area contributed by atoms with Crippen LogP contribution in [0.15, 0.2) is 11.2 Å². The molecule has 1 heterocycles. The fourth-order valence-electron chi connectivity index (χ4n) is 2.08. The van der Waals surface area contributed by atoms with Gasteiger partial charge in [0.05, 0.1) is 4.90 Å². The van der Waals surface area contributed by atoms with Crippen molar-refractivity contribution in [3.05, 3.63) is 11.5 Å². The largest absolute Gasteiger partial charge is 0.366 e. The van der Waals surface area contributed by atoms with Crippen LogP contribution in [0.4, 0.5) is 5.82 Å². The molecule has 1 aromatic rings. The van der Waals surface area contributed by atoms with Crippen LogP contribution in [0.2, 0.25) is 5.15 Å². The van der Waals surface area contributed by atoms with Crippen molar-refractivity contribution in [3.8, 4) is 0 Å². The first-order valence-corrected chi connectivity index (χ1v) is 7.22. The highest BCUT2D eigenvalue weighted by Crippen LogP contribution is 2.31. The minimum Gasteiger partial charge on any atom is -0.366 e. The van der Waals surface area contributed by atoms with E-state index in [0.717, 1.165) is 10.7 Å². The first kappa shape index (κ1) is 12.0. The average molecular weight is 258 g/mol.